The van der Waals surface area contributed by atoms with Crippen LogP contribution >= 0.6 is 0 Å². The summed E-state index contributed by atoms with van der Waals surface area (Å²) in [6.45, 7) is 13.9. The Hall–Kier alpha value is -7.62. The van der Waals surface area contributed by atoms with E-state index in [1.165, 1.54) is 55.6 Å². The van der Waals surface area contributed by atoms with Gasteiger partial charge in [0.05, 0.1) is 16.5 Å². The Balaban J connectivity index is 1.10. The maximum atomic E-state index is 7.42. The van der Waals surface area contributed by atoms with Crippen LogP contribution in [0.5, 0.6) is 23.0 Å². The number of benzene rings is 9. The number of hydrogen-bond donors (Lipinski definition) is 0. The topological polar surface area (TPSA) is 21.7 Å². The lowest BCUT2D eigenvalue weighted by molar-refractivity contribution is 0.436. The Morgan fingerprint density at radius 3 is 1.37 bits per heavy atom. The molecule has 2 aliphatic carbocycles. The van der Waals surface area contributed by atoms with E-state index in [1.54, 1.807) is 0 Å². The highest BCUT2D eigenvalue weighted by Crippen LogP contribution is 2.66. The van der Waals surface area contributed by atoms with Crippen molar-refractivity contribution < 1.29 is 9.47 Å². The zero-order valence-corrected chi connectivity index (χ0v) is 38.8. The largest absolute Gasteiger partial charge is 0.457 e. The molecular weight excluding hydrogens is 815 g/mol. The Kier molecular flexibility index (Phi) is 8.27. The van der Waals surface area contributed by atoms with E-state index in [0.717, 1.165) is 62.3 Å². The van der Waals surface area contributed by atoms with Gasteiger partial charge in [0.15, 0.2) is 5.75 Å². The van der Waals surface area contributed by atoms with Gasteiger partial charge in [-0.05, 0) is 115 Å². The highest BCUT2D eigenvalue weighted by Gasteiger charge is 2.54. The molecule has 2 heterocycles. The molecule has 0 atom stereocenters. The van der Waals surface area contributed by atoms with Gasteiger partial charge in [-0.25, -0.2) is 0 Å². The van der Waals surface area contributed by atoms with Crippen LogP contribution in [0.4, 0.5) is 17.1 Å². The summed E-state index contributed by atoms with van der Waals surface area (Å²) in [7, 11) is 0. The number of para-hydroxylation sites is 4. The average Bonchev–Trinajstić information content (AvgIpc) is 3.80. The van der Waals surface area contributed by atoms with Crippen molar-refractivity contribution in [3.63, 3.8) is 0 Å². The molecule has 0 bridgehead atoms. The molecule has 9 aromatic rings. The molecule has 3 nitrogen and oxygen atoms in total. The summed E-state index contributed by atoms with van der Waals surface area (Å²) in [5, 5.41) is 0. The summed E-state index contributed by atoms with van der Waals surface area (Å²) >= 11 is 0. The monoisotopic (exact) mass is 865 g/mol. The second kappa shape index (κ2) is 14.0. The van der Waals surface area contributed by atoms with E-state index in [-0.39, 0.29) is 10.8 Å². The molecule has 13 rings (SSSR count). The summed E-state index contributed by atoms with van der Waals surface area (Å²) in [6, 6.07) is 74.0. The summed E-state index contributed by atoms with van der Waals surface area (Å²) < 4.78 is 14.3. The molecule has 0 N–H and O–H groups in total. The predicted molar refractivity (Wildman–Crippen MR) is 273 cm³/mol. The predicted octanol–water partition coefficient (Wildman–Crippen LogP) is 16.7. The van der Waals surface area contributed by atoms with Gasteiger partial charge in [-0.2, -0.15) is 0 Å². The first-order valence-electron chi connectivity index (χ1n) is 23.7. The van der Waals surface area contributed by atoms with Crippen LogP contribution < -0.4 is 14.4 Å². The highest BCUT2D eigenvalue weighted by atomic mass is 16.5. The van der Waals surface area contributed by atoms with Gasteiger partial charge in [-0.1, -0.05) is 193 Å². The van der Waals surface area contributed by atoms with Crippen molar-refractivity contribution >= 4 is 17.1 Å². The summed E-state index contributed by atoms with van der Waals surface area (Å²) in [6.07, 6.45) is 0. The van der Waals surface area contributed by atoms with Crippen LogP contribution in [0.3, 0.4) is 0 Å². The third kappa shape index (κ3) is 5.40. The van der Waals surface area contributed by atoms with Gasteiger partial charge in [0.1, 0.15) is 17.2 Å². The van der Waals surface area contributed by atoms with E-state index in [1.807, 2.05) is 0 Å². The molecule has 3 heteroatoms. The normalized spacial score (nSPS) is 14.9. The highest BCUT2D eigenvalue weighted by molar-refractivity contribution is 5.93. The Morgan fingerprint density at radius 1 is 0.328 bits per heavy atom. The second-order valence-electron chi connectivity index (χ2n) is 20.8. The van der Waals surface area contributed by atoms with Crippen LogP contribution in [-0.4, -0.2) is 0 Å². The van der Waals surface area contributed by atoms with Crippen molar-refractivity contribution in [1.29, 1.82) is 0 Å². The van der Waals surface area contributed by atoms with Gasteiger partial charge in [0.2, 0.25) is 0 Å². The van der Waals surface area contributed by atoms with Crippen molar-refractivity contribution in [2.45, 2.75) is 63.2 Å². The van der Waals surface area contributed by atoms with Gasteiger partial charge in [0, 0.05) is 33.6 Å². The summed E-state index contributed by atoms with van der Waals surface area (Å²) in [5.74, 6) is 3.44. The molecule has 0 saturated carbocycles. The number of ether oxygens (including phenoxy) is 2. The molecule has 324 valence electrons. The lowest BCUT2D eigenvalue weighted by Crippen LogP contribution is -2.33. The first-order chi connectivity index (χ1) is 32.5. The van der Waals surface area contributed by atoms with Crippen LogP contribution in [0.25, 0.3) is 22.3 Å². The molecule has 4 aliphatic rings. The van der Waals surface area contributed by atoms with Gasteiger partial charge in [-0.15, -0.1) is 0 Å². The number of anilines is 3. The van der Waals surface area contributed by atoms with Gasteiger partial charge < -0.3 is 14.4 Å². The van der Waals surface area contributed by atoms with E-state index in [0.29, 0.717) is 0 Å². The Bertz CT molecular complexity index is 3400. The van der Waals surface area contributed by atoms with E-state index < -0.39 is 10.8 Å². The molecule has 67 heavy (non-hydrogen) atoms. The summed E-state index contributed by atoms with van der Waals surface area (Å²) in [5.41, 5.74) is 18.9. The minimum Gasteiger partial charge on any atom is -0.457 e. The SMILES string of the molecule is CC(C)(C)c1ccc2c(c1)C1(c3ccccc3Oc3c(N(c4ccccc4)c4ccc5c(c4)C4(c6ccccc6O5)c5ccccc5-c5ccccc54)cccc31)c1cc(C(C)(C)C)ccc1-2. The third-order valence-corrected chi connectivity index (χ3v) is 15.1. The molecule has 0 amide bonds. The number of rotatable bonds is 3. The maximum absolute atomic E-state index is 7.42. The van der Waals surface area contributed by atoms with E-state index in [4.69, 9.17) is 9.47 Å². The Morgan fingerprint density at radius 2 is 0.791 bits per heavy atom. The van der Waals surface area contributed by atoms with Gasteiger partial charge >= 0.3 is 0 Å². The first kappa shape index (κ1) is 39.7. The number of hydrogen-bond acceptors (Lipinski definition) is 3. The summed E-state index contributed by atoms with van der Waals surface area (Å²) in [4.78, 5) is 2.40. The molecule has 2 aliphatic heterocycles. The van der Waals surface area contributed by atoms with Crippen molar-refractivity contribution in [3.8, 4) is 45.3 Å². The molecule has 0 radical (unpaired) electrons. The molecule has 0 saturated heterocycles. The van der Waals surface area contributed by atoms with E-state index >= 15 is 0 Å². The Labute approximate surface area is 394 Å². The maximum Gasteiger partial charge on any atom is 0.156 e. The van der Waals surface area contributed by atoms with Crippen LogP contribution in [0.15, 0.2) is 200 Å². The first-order valence-corrected chi connectivity index (χ1v) is 23.7. The van der Waals surface area contributed by atoms with Gasteiger partial charge in [-0.3, -0.25) is 0 Å². The molecule has 9 aromatic carbocycles. The van der Waals surface area contributed by atoms with Crippen LogP contribution in [0.2, 0.25) is 0 Å². The van der Waals surface area contributed by atoms with Crippen molar-refractivity contribution in [2.75, 3.05) is 4.90 Å². The quantitative estimate of drug-likeness (QED) is 0.177. The van der Waals surface area contributed by atoms with E-state index in [2.05, 4.69) is 247 Å². The molecule has 0 aromatic heterocycles. The van der Waals surface area contributed by atoms with Crippen molar-refractivity contribution in [1.82, 2.24) is 0 Å². The van der Waals surface area contributed by atoms with Gasteiger partial charge in [0.25, 0.3) is 0 Å². The van der Waals surface area contributed by atoms with Crippen molar-refractivity contribution in [3.05, 3.63) is 256 Å². The fourth-order valence-electron chi connectivity index (χ4n) is 12.0. The smallest absolute Gasteiger partial charge is 0.156 e. The fraction of sp³-hybridized carbons (Fsp3) is 0.156. The zero-order valence-electron chi connectivity index (χ0n) is 38.8. The lowest BCUT2D eigenvalue weighted by Gasteiger charge is -2.42. The van der Waals surface area contributed by atoms with Crippen LogP contribution in [0.1, 0.15) is 97.2 Å². The minimum absolute atomic E-state index is 0.0601. The second-order valence-corrected chi connectivity index (χ2v) is 20.8. The standard InChI is InChI=1S/C64H51NO2/c1-61(2,3)40-31-34-46-47-35-32-41(62(4,5)6)38-54(47)64(53(46)37-40)51-26-15-17-30-58(51)67-60-52(64)27-18-28-56(60)65(42-19-8-7-9-20-42)43-33-36-59-55(39-43)63(50-25-14-16-29-57(50)66-59)48-23-12-10-21-44(48)45-22-11-13-24-49(45)63/h7-39H,1-6H3. The molecule has 0 unspecified atom stereocenters. The fourth-order valence-corrected chi connectivity index (χ4v) is 12.0. The number of nitrogens with zero attached hydrogens (tertiary/aromatic N) is 1. The van der Waals surface area contributed by atoms with Crippen LogP contribution in [0, 0.1) is 0 Å². The lowest BCUT2D eigenvalue weighted by atomic mass is 9.64. The zero-order chi connectivity index (χ0) is 45.5. The van der Waals surface area contributed by atoms with Crippen molar-refractivity contribution in [2.24, 2.45) is 0 Å². The number of fused-ring (bicyclic) bond motifs is 18. The molecule has 0 fully saturated rings. The minimum atomic E-state index is -0.662. The molecular formula is C64H51NO2. The average molecular weight is 866 g/mol. The van der Waals surface area contributed by atoms with Crippen LogP contribution in [-0.2, 0) is 21.7 Å². The third-order valence-electron chi connectivity index (χ3n) is 15.1. The molecule has 2 spiro atoms. The van der Waals surface area contributed by atoms with E-state index in [9.17, 15) is 0 Å².